The zero-order valence-electron chi connectivity index (χ0n) is 10.4. The van der Waals surface area contributed by atoms with Crippen LogP contribution in [0.3, 0.4) is 0 Å². The van der Waals surface area contributed by atoms with Gasteiger partial charge in [-0.1, -0.05) is 50.6 Å². The van der Waals surface area contributed by atoms with Gasteiger partial charge in [0, 0.05) is 10.2 Å². The third kappa shape index (κ3) is 1.81. The smallest absolute Gasteiger partial charge is 0.0174 e. The minimum Gasteiger partial charge on any atom is -0.0689 e. The van der Waals surface area contributed by atoms with E-state index in [1.165, 1.54) is 21.4 Å². The summed E-state index contributed by atoms with van der Waals surface area (Å²) in [6, 6.07) is 7.01. The first-order chi connectivity index (χ1) is 6.89. The van der Waals surface area contributed by atoms with Gasteiger partial charge >= 0.3 is 0 Å². The Hall–Kier alpha value is -0.823. The molecule has 0 aromatic heterocycles. The summed E-state index contributed by atoms with van der Waals surface area (Å²) in [7, 11) is 1.23. The van der Waals surface area contributed by atoms with E-state index >= 15 is 0 Å². The maximum atomic E-state index is 2.37. The number of hydrogen-bond acceptors (Lipinski definition) is 0. The van der Waals surface area contributed by atoms with Crippen LogP contribution in [0.5, 0.6) is 0 Å². The maximum Gasteiger partial charge on any atom is 0.0174 e. The van der Waals surface area contributed by atoms with Gasteiger partial charge in [0.2, 0.25) is 0 Å². The molecule has 1 atom stereocenters. The quantitative estimate of drug-likeness (QED) is 0.585. The normalized spacial score (nSPS) is 20.3. The minimum atomic E-state index is 0.264. The highest BCUT2D eigenvalue weighted by atomic mass is 28.1. The Kier molecular flexibility index (Phi) is 2.38. The van der Waals surface area contributed by atoms with Gasteiger partial charge in [-0.05, 0) is 34.6 Å². The Morgan fingerprint density at radius 1 is 1.20 bits per heavy atom. The molecular weight excluding hydrogens is 196 g/mol. The van der Waals surface area contributed by atoms with E-state index in [9.17, 15) is 0 Å². The van der Waals surface area contributed by atoms with Gasteiger partial charge in [0.25, 0.3) is 0 Å². The van der Waals surface area contributed by atoms with Crippen molar-refractivity contribution in [3.05, 3.63) is 40.5 Å². The van der Waals surface area contributed by atoms with E-state index in [-0.39, 0.29) is 5.41 Å². The van der Waals surface area contributed by atoms with Crippen molar-refractivity contribution in [3.63, 3.8) is 0 Å². The van der Waals surface area contributed by atoms with E-state index in [4.69, 9.17) is 0 Å². The van der Waals surface area contributed by atoms with E-state index < -0.39 is 0 Å². The fourth-order valence-electron chi connectivity index (χ4n) is 2.18. The van der Waals surface area contributed by atoms with Crippen LogP contribution in [0.4, 0.5) is 0 Å². The minimum absolute atomic E-state index is 0.264. The van der Waals surface area contributed by atoms with Gasteiger partial charge < -0.3 is 0 Å². The Bertz CT molecular complexity index is 421. The fourth-order valence-corrected chi connectivity index (χ4v) is 2.87. The molecule has 0 radical (unpaired) electrons. The molecule has 1 aromatic carbocycles. The molecule has 0 saturated heterocycles. The predicted octanol–water partition coefficient (Wildman–Crippen LogP) is 2.81. The molecule has 0 amide bonds. The summed E-state index contributed by atoms with van der Waals surface area (Å²) in [6.45, 7) is 9.09. The highest BCUT2D eigenvalue weighted by Crippen LogP contribution is 2.36. The molecule has 15 heavy (non-hydrogen) atoms. The molecule has 0 saturated carbocycles. The van der Waals surface area contributed by atoms with Crippen molar-refractivity contribution in [2.24, 2.45) is 0 Å². The topological polar surface area (TPSA) is 0 Å². The lowest BCUT2D eigenvalue weighted by molar-refractivity contribution is 0.590. The number of fused-ring (bicyclic) bond motifs is 1. The van der Waals surface area contributed by atoms with Crippen LogP contribution >= 0.6 is 0 Å². The molecule has 1 aliphatic rings. The second-order valence-electron chi connectivity index (χ2n) is 5.70. The van der Waals surface area contributed by atoms with Crippen LogP contribution in [-0.2, 0) is 5.41 Å². The van der Waals surface area contributed by atoms with Gasteiger partial charge in [-0.25, -0.2) is 0 Å². The molecule has 1 unspecified atom stereocenters. The van der Waals surface area contributed by atoms with Crippen LogP contribution in [0.1, 0.15) is 49.9 Å². The van der Waals surface area contributed by atoms with E-state index in [1.807, 2.05) is 0 Å². The third-order valence-electron chi connectivity index (χ3n) is 3.49. The van der Waals surface area contributed by atoms with Crippen molar-refractivity contribution in [2.45, 2.75) is 38.7 Å². The van der Waals surface area contributed by atoms with Gasteiger partial charge in [-0.3, -0.25) is 0 Å². The van der Waals surface area contributed by atoms with Gasteiger partial charge in [-0.15, -0.1) is 0 Å². The first kappa shape index (κ1) is 10.7. The summed E-state index contributed by atoms with van der Waals surface area (Å²) < 4.78 is 0. The second kappa shape index (κ2) is 3.34. The molecule has 80 valence electrons. The van der Waals surface area contributed by atoms with E-state index in [2.05, 4.69) is 52.0 Å². The van der Waals surface area contributed by atoms with Crippen molar-refractivity contribution >= 4 is 16.3 Å². The number of benzene rings is 1. The van der Waals surface area contributed by atoms with E-state index in [0.717, 1.165) is 5.54 Å². The zero-order valence-corrected chi connectivity index (χ0v) is 12.4. The molecule has 0 bridgehead atoms. The molecule has 0 heterocycles. The Labute approximate surface area is 95.8 Å². The number of rotatable bonds is 0. The van der Waals surface area contributed by atoms with Crippen LogP contribution < -0.4 is 0 Å². The first-order valence-electron chi connectivity index (χ1n) is 5.72. The predicted molar refractivity (Wildman–Crippen MR) is 71.5 cm³/mol. The number of hydrogen-bond donors (Lipinski definition) is 0. The van der Waals surface area contributed by atoms with Crippen molar-refractivity contribution in [2.75, 3.05) is 0 Å². The van der Waals surface area contributed by atoms with Crippen LogP contribution in [0.2, 0.25) is 0 Å². The lowest BCUT2D eigenvalue weighted by atomic mass is 9.85. The van der Waals surface area contributed by atoms with Crippen LogP contribution in [0.25, 0.3) is 6.08 Å². The van der Waals surface area contributed by atoms with Gasteiger partial charge in [0.05, 0.1) is 0 Å². The van der Waals surface area contributed by atoms with E-state index in [1.54, 1.807) is 11.1 Å². The molecule has 1 heteroatoms. The SMILES string of the molecule is CC1=Cc2cc(C(C)(C)C)ccc2C1[SiH3]. The van der Waals surface area contributed by atoms with Crippen LogP contribution in [0.15, 0.2) is 23.8 Å². The second-order valence-corrected chi connectivity index (χ2v) is 6.86. The molecule has 1 aromatic rings. The average molecular weight is 216 g/mol. The molecular formula is C14H20Si. The molecule has 0 fully saturated rings. The van der Waals surface area contributed by atoms with Crippen molar-refractivity contribution in [3.8, 4) is 0 Å². The summed E-state index contributed by atoms with van der Waals surface area (Å²) in [4.78, 5) is 0. The summed E-state index contributed by atoms with van der Waals surface area (Å²) >= 11 is 0. The Morgan fingerprint density at radius 2 is 1.87 bits per heavy atom. The van der Waals surface area contributed by atoms with E-state index in [0.29, 0.717) is 0 Å². The highest BCUT2D eigenvalue weighted by Gasteiger charge is 2.21. The fraction of sp³-hybridized carbons (Fsp3) is 0.429. The number of allylic oxidation sites excluding steroid dienone is 1. The Balaban J connectivity index is 2.50. The monoisotopic (exact) mass is 216 g/mol. The highest BCUT2D eigenvalue weighted by molar-refractivity contribution is 6.16. The summed E-state index contributed by atoms with van der Waals surface area (Å²) in [5.41, 5.74) is 7.00. The van der Waals surface area contributed by atoms with Crippen molar-refractivity contribution < 1.29 is 0 Å². The van der Waals surface area contributed by atoms with Gasteiger partial charge in [-0.2, -0.15) is 0 Å². The summed E-state index contributed by atoms with van der Waals surface area (Å²) in [6.07, 6.45) is 2.36. The molecule has 0 nitrogen and oxygen atoms in total. The molecule has 0 spiro atoms. The van der Waals surface area contributed by atoms with Crippen LogP contribution in [0, 0.1) is 0 Å². The maximum absolute atomic E-state index is 2.37. The van der Waals surface area contributed by atoms with Crippen molar-refractivity contribution in [1.29, 1.82) is 0 Å². The van der Waals surface area contributed by atoms with Crippen LogP contribution in [-0.4, -0.2) is 10.2 Å². The molecule has 0 N–H and O–H groups in total. The molecule has 1 aliphatic carbocycles. The van der Waals surface area contributed by atoms with Gasteiger partial charge in [0.15, 0.2) is 0 Å². The lowest BCUT2D eigenvalue weighted by Crippen LogP contribution is -2.11. The summed E-state index contributed by atoms with van der Waals surface area (Å²) in [5, 5.41) is 0. The Morgan fingerprint density at radius 3 is 2.47 bits per heavy atom. The summed E-state index contributed by atoms with van der Waals surface area (Å²) in [5.74, 6) is 0. The lowest BCUT2D eigenvalue weighted by Gasteiger charge is -2.20. The largest absolute Gasteiger partial charge is 0.0689 e. The average Bonchev–Trinajstić information content (AvgIpc) is 2.41. The third-order valence-corrected chi connectivity index (χ3v) is 5.02. The standard InChI is InChI=1S/C14H20Si/c1-9-7-10-8-11(14(2,3)4)5-6-12(10)13(9)15/h5-8,13H,1-4,15H3. The van der Waals surface area contributed by atoms with Gasteiger partial charge in [0.1, 0.15) is 0 Å². The molecule has 0 aliphatic heterocycles. The first-order valence-corrected chi connectivity index (χ1v) is 6.87. The van der Waals surface area contributed by atoms with Crippen molar-refractivity contribution in [1.82, 2.24) is 0 Å². The molecule has 2 rings (SSSR count). The zero-order chi connectivity index (χ0) is 11.2.